The molecule has 7 atom stereocenters. The molecule has 3 heterocycles. The highest BCUT2D eigenvalue weighted by Gasteiger charge is 2.75. The van der Waals surface area contributed by atoms with Gasteiger partial charge in [-0.1, -0.05) is 51.7 Å². The number of aliphatic hydroxyl groups is 1. The van der Waals surface area contributed by atoms with Crippen LogP contribution in [0.2, 0.25) is 0 Å². The molecule has 39 heavy (non-hydrogen) atoms. The summed E-state index contributed by atoms with van der Waals surface area (Å²) in [4.78, 5) is 46.2. The number of allylic oxidation sites excluding steroid dienone is 1. The summed E-state index contributed by atoms with van der Waals surface area (Å²) >= 11 is 1.68. The number of fused-ring (bicyclic) bond motifs is 1. The zero-order chi connectivity index (χ0) is 28.2. The molecule has 3 saturated heterocycles. The Labute approximate surface area is 238 Å². The third kappa shape index (κ3) is 5.57. The molecule has 2 bridgehead atoms. The first-order chi connectivity index (χ1) is 18.9. The van der Waals surface area contributed by atoms with Gasteiger partial charge in [-0.3, -0.25) is 14.4 Å². The van der Waals surface area contributed by atoms with Gasteiger partial charge in [0.2, 0.25) is 11.8 Å². The monoisotopic (exact) mass is 560 g/mol. The lowest BCUT2D eigenvalue weighted by molar-refractivity contribution is -0.155. The van der Waals surface area contributed by atoms with Gasteiger partial charge in [0, 0.05) is 17.8 Å². The summed E-state index contributed by atoms with van der Waals surface area (Å²) in [6.07, 6.45) is 13.8. The van der Waals surface area contributed by atoms with E-state index in [9.17, 15) is 19.5 Å². The fraction of sp³-hybridized carbons (Fsp3) is 0.774. The lowest BCUT2D eigenvalue weighted by atomic mass is 9.71. The van der Waals surface area contributed by atoms with E-state index in [0.717, 1.165) is 64.2 Å². The number of likely N-dealkylation sites (tertiary alicyclic amines) is 1. The van der Waals surface area contributed by atoms with Gasteiger partial charge in [0.05, 0.1) is 35.8 Å². The van der Waals surface area contributed by atoms with Gasteiger partial charge < -0.3 is 19.6 Å². The molecule has 2 amide bonds. The van der Waals surface area contributed by atoms with Crippen LogP contribution in [0.5, 0.6) is 0 Å². The predicted octanol–water partition coefficient (Wildman–Crippen LogP) is 4.73. The number of hydrogen-bond acceptors (Lipinski definition) is 6. The summed E-state index contributed by atoms with van der Waals surface area (Å²) in [5.74, 6) is -1.62. The highest BCUT2D eigenvalue weighted by molar-refractivity contribution is 8.02. The number of ether oxygens (including phenoxy) is 1. The van der Waals surface area contributed by atoms with E-state index >= 15 is 0 Å². The molecule has 0 radical (unpaired) electrons. The largest absolute Gasteiger partial charge is 0.465 e. The number of hydrogen-bond donors (Lipinski definition) is 1. The predicted molar refractivity (Wildman–Crippen MR) is 155 cm³/mol. The molecule has 8 heteroatoms. The van der Waals surface area contributed by atoms with Crippen molar-refractivity contribution in [2.45, 2.75) is 113 Å². The maximum atomic E-state index is 14.7. The smallest absolute Gasteiger partial charge is 0.310 e. The van der Waals surface area contributed by atoms with Crippen LogP contribution in [0.3, 0.4) is 0 Å². The minimum absolute atomic E-state index is 0.0178. The third-order valence-electron chi connectivity index (χ3n) is 9.76. The van der Waals surface area contributed by atoms with Crippen LogP contribution in [0.25, 0.3) is 0 Å². The number of rotatable bonds is 14. The van der Waals surface area contributed by atoms with E-state index < -0.39 is 28.7 Å². The molecule has 4 rings (SSSR count). The zero-order valence-electron chi connectivity index (χ0n) is 23.9. The van der Waals surface area contributed by atoms with Crippen LogP contribution in [0.15, 0.2) is 25.3 Å². The van der Waals surface area contributed by atoms with E-state index in [-0.39, 0.29) is 41.6 Å². The molecule has 4 fully saturated rings. The van der Waals surface area contributed by atoms with Crippen LogP contribution in [0.1, 0.15) is 84.5 Å². The molecule has 0 aromatic rings. The quantitative estimate of drug-likeness (QED) is 0.188. The second-order valence-corrected chi connectivity index (χ2v) is 13.6. The Morgan fingerprint density at radius 2 is 1.95 bits per heavy atom. The molecule has 1 spiro atoms. The summed E-state index contributed by atoms with van der Waals surface area (Å²) in [7, 11) is 0. The number of esters is 1. The first kappa shape index (κ1) is 30.2. The Kier molecular flexibility index (Phi) is 10.2. The number of carbonyl (C=O) groups excluding carboxylic acids is 3. The van der Waals surface area contributed by atoms with Crippen LogP contribution >= 0.6 is 11.8 Å². The van der Waals surface area contributed by atoms with Gasteiger partial charge in [0.25, 0.3) is 0 Å². The van der Waals surface area contributed by atoms with Crippen molar-refractivity contribution in [1.82, 2.24) is 9.80 Å². The molecule has 3 aliphatic heterocycles. The van der Waals surface area contributed by atoms with E-state index in [1.807, 2.05) is 24.8 Å². The van der Waals surface area contributed by atoms with Gasteiger partial charge in [0.15, 0.2) is 0 Å². The van der Waals surface area contributed by atoms with Crippen molar-refractivity contribution >= 4 is 29.5 Å². The number of nitrogens with zero attached hydrogens (tertiary/aromatic N) is 2. The van der Waals surface area contributed by atoms with Gasteiger partial charge in [-0.05, 0) is 50.9 Å². The van der Waals surface area contributed by atoms with E-state index in [4.69, 9.17) is 4.74 Å². The third-order valence-corrected chi connectivity index (χ3v) is 11.7. The SMILES string of the molecule is C=CCCCCOC(=O)[C@@H]1[C@H]2C(=O)N([C@@H](CO)[C@@H](C)CC)C(C(=O)N(CC=C)C3CCCCC3)C23CC[C@H]1S3. The molecule has 4 aliphatic rings. The molecule has 1 aliphatic carbocycles. The number of aliphatic hydroxyl groups excluding tert-OH is 1. The Bertz CT molecular complexity index is 921. The first-order valence-electron chi connectivity index (χ1n) is 15.2. The molecule has 1 N–H and O–H groups in total. The number of amides is 2. The average Bonchev–Trinajstić information content (AvgIpc) is 3.59. The van der Waals surface area contributed by atoms with E-state index in [1.165, 1.54) is 6.42 Å². The van der Waals surface area contributed by atoms with Crippen molar-refractivity contribution in [2.24, 2.45) is 17.8 Å². The molecule has 2 unspecified atom stereocenters. The van der Waals surface area contributed by atoms with Crippen LogP contribution in [0.4, 0.5) is 0 Å². The Morgan fingerprint density at radius 1 is 1.21 bits per heavy atom. The van der Waals surface area contributed by atoms with Crippen molar-refractivity contribution in [3.8, 4) is 0 Å². The number of unbranched alkanes of at least 4 members (excludes halogenated alkanes) is 2. The summed E-state index contributed by atoms with van der Waals surface area (Å²) in [5, 5.41) is 10.5. The Morgan fingerprint density at radius 3 is 2.59 bits per heavy atom. The van der Waals surface area contributed by atoms with Crippen LogP contribution in [-0.4, -0.2) is 80.6 Å². The van der Waals surface area contributed by atoms with Crippen molar-refractivity contribution < 1.29 is 24.2 Å². The molecular formula is C31H48N2O5S. The summed E-state index contributed by atoms with van der Waals surface area (Å²) in [6.45, 7) is 12.3. The van der Waals surface area contributed by atoms with Gasteiger partial charge in [0.1, 0.15) is 6.04 Å². The van der Waals surface area contributed by atoms with E-state index in [0.29, 0.717) is 13.2 Å². The fourth-order valence-corrected chi connectivity index (χ4v) is 9.76. The van der Waals surface area contributed by atoms with Gasteiger partial charge in [-0.15, -0.1) is 24.9 Å². The van der Waals surface area contributed by atoms with Crippen LogP contribution in [0, 0.1) is 17.8 Å². The molecular weight excluding hydrogens is 512 g/mol. The normalized spacial score (nSPS) is 31.6. The van der Waals surface area contributed by atoms with Gasteiger partial charge in [-0.2, -0.15) is 0 Å². The van der Waals surface area contributed by atoms with E-state index in [2.05, 4.69) is 13.2 Å². The fourth-order valence-electron chi connectivity index (χ4n) is 7.58. The standard InChI is InChI=1S/C31H48N2O5S/c1-5-8-9-13-19-38-30(37)25-24-16-17-31(39-24)26(25)28(35)33(23(20-34)21(4)7-3)27(31)29(36)32(18-6-2)22-14-11-10-12-15-22/h5-6,21-27,34H,1-2,7-20H2,3-4H3/t21-,23-,24+,25-,26-,27?,31?/m0/s1. The summed E-state index contributed by atoms with van der Waals surface area (Å²) in [5.41, 5.74) is 0. The molecule has 7 nitrogen and oxygen atoms in total. The molecule has 1 saturated carbocycles. The van der Waals surface area contributed by atoms with Crippen molar-refractivity contribution in [3.05, 3.63) is 25.3 Å². The minimum atomic E-state index is -0.691. The summed E-state index contributed by atoms with van der Waals surface area (Å²) < 4.78 is 5.06. The minimum Gasteiger partial charge on any atom is -0.465 e. The second-order valence-electron chi connectivity index (χ2n) is 12.0. The van der Waals surface area contributed by atoms with Gasteiger partial charge >= 0.3 is 5.97 Å². The molecule has 0 aromatic carbocycles. The first-order valence-corrected chi connectivity index (χ1v) is 16.0. The maximum absolute atomic E-state index is 14.7. The number of carbonyl (C=O) groups is 3. The molecule has 0 aromatic heterocycles. The zero-order valence-corrected chi connectivity index (χ0v) is 24.7. The van der Waals surface area contributed by atoms with Gasteiger partial charge in [-0.25, -0.2) is 0 Å². The van der Waals surface area contributed by atoms with Crippen LogP contribution in [-0.2, 0) is 19.1 Å². The van der Waals surface area contributed by atoms with Crippen molar-refractivity contribution in [1.29, 1.82) is 0 Å². The number of thioether (sulfide) groups is 1. The molecule has 218 valence electrons. The average molecular weight is 561 g/mol. The highest BCUT2D eigenvalue weighted by atomic mass is 32.2. The van der Waals surface area contributed by atoms with Crippen molar-refractivity contribution in [3.63, 3.8) is 0 Å². The van der Waals surface area contributed by atoms with Crippen molar-refractivity contribution in [2.75, 3.05) is 19.8 Å². The maximum Gasteiger partial charge on any atom is 0.310 e. The topological polar surface area (TPSA) is 87.1 Å². The lowest BCUT2D eigenvalue weighted by Gasteiger charge is -2.43. The van der Waals surface area contributed by atoms with Crippen LogP contribution < -0.4 is 0 Å². The lowest BCUT2D eigenvalue weighted by Crippen LogP contribution is -2.60. The summed E-state index contributed by atoms with van der Waals surface area (Å²) in [6, 6.07) is -1.03. The van der Waals surface area contributed by atoms with E-state index in [1.54, 1.807) is 22.7 Å². The Hall–Kier alpha value is -1.80. The second kappa shape index (κ2) is 13.2. The Balaban J connectivity index is 1.68. The highest BCUT2D eigenvalue weighted by Crippen LogP contribution is 2.67.